The van der Waals surface area contributed by atoms with Crippen LogP contribution in [0.4, 0.5) is 5.69 Å². The van der Waals surface area contributed by atoms with Gasteiger partial charge in [-0.2, -0.15) is 0 Å². The zero-order chi connectivity index (χ0) is 14.4. The first-order valence-corrected chi connectivity index (χ1v) is 6.71. The van der Waals surface area contributed by atoms with E-state index in [1.807, 2.05) is 30.3 Å². The first kappa shape index (κ1) is 14.5. The molecule has 1 aromatic rings. The summed E-state index contributed by atoms with van der Waals surface area (Å²) in [7, 11) is 0. The molecule has 2 amide bonds. The summed E-state index contributed by atoms with van der Waals surface area (Å²) in [5, 5.41) is 14.5. The molecule has 0 spiro atoms. The van der Waals surface area contributed by atoms with Crippen LogP contribution in [-0.4, -0.2) is 29.6 Å². The highest BCUT2D eigenvalue weighted by Gasteiger charge is 2.33. The maximum absolute atomic E-state index is 11.7. The van der Waals surface area contributed by atoms with Gasteiger partial charge in [-0.1, -0.05) is 18.2 Å². The third-order valence-corrected chi connectivity index (χ3v) is 3.46. The molecular weight excluding hydrogens is 258 g/mol. The summed E-state index contributed by atoms with van der Waals surface area (Å²) in [4.78, 5) is 22.7. The molecule has 1 aliphatic rings. The van der Waals surface area contributed by atoms with Crippen LogP contribution in [0.1, 0.15) is 19.3 Å². The van der Waals surface area contributed by atoms with E-state index >= 15 is 0 Å². The quantitative estimate of drug-likeness (QED) is 0.459. The van der Waals surface area contributed by atoms with Gasteiger partial charge in [0.2, 0.25) is 11.8 Å². The summed E-state index contributed by atoms with van der Waals surface area (Å²) in [6, 6.07) is 9.57. The number of para-hydroxylation sites is 1. The molecular formula is C14H19N3O3. The molecule has 1 fully saturated rings. The number of benzene rings is 1. The molecule has 0 unspecified atom stereocenters. The number of hydroxylamine groups is 1. The van der Waals surface area contributed by atoms with E-state index in [-0.39, 0.29) is 23.8 Å². The molecule has 2 rings (SSSR count). The molecule has 1 aliphatic carbocycles. The lowest BCUT2D eigenvalue weighted by Gasteiger charge is -2.34. The predicted molar refractivity (Wildman–Crippen MR) is 74.1 cm³/mol. The summed E-state index contributed by atoms with van der Waals surface area (Å²) in [6.45, 7) is 0.580. The Morgan fingerprint density at radius 2 is 1.90 bits per heavy atom. The Morgan fingerprint density at radius 1 is 1.20 bits per heavy atom. The molecule has 4 N–H and O–H groups in total. The Bertz CT molecular complexity index is 458. The fourth-order valence-corrected chi connectivity index (χ4v) is 2.22. The Hall–Kier alpha value is -1.92. The predicted octanol–water partition coefficient (Wildman–Crippen LogP) is 0.889. The number of hydrogen-bond donors (Lipinski definition) is 4. The van der Waals surface area contributed by atoms with Gasteiger partial charge in [0, 0.05) is 30.6 Å². The van der Waals surface area contributed by atoms with Crippen molar-refractivity contribution in [2.24, 2.45) is 5.92 Å². The topological polar surface area (TPSA) is 90.5 Å². The molecule has 0 aliphatic heterocycles. The van der Waals surface area contributed by atoms with Gasteiger partial charge in [-0.05, 0) is 25.0 Å². The van der Waals surface area contributed by atoms with Gasteiger partial charge in [0.25, 0.3) is 0 Å². The molecule has 20 heavy (non-hydrogen) atoms. The van der Waals surface area contributed by atoms with Crippen LogP contribution in [0.3, 0.4) is 0 Å². The van der Waals surface area contributed by atoms with Gasteiger partial charge in [-0.3, -0.25) is 14.8 Å². The molecule has 0 heterocycles. The van der Waals surface area contributed by atoms with E-state index in [1.54, 1.807) is 5.48 Å². The molecule has 1 saturated carbocycles. The van der Waals surface area contributed by atoms with Crippen LogP contribution in [0.15, 0.2) is 30.3 Å². The van der Waals surface area contributed by atoms with Crippen LogP contribution >= 0.6 is 0 Å². The van der Waals surface area contributed by atoms with Crippen molar-refractivity contribution in [3.63, 3.8) is 0 Å². The molecule has 6 nitrogen and oxygen atoms in total. The van der Waals surface area contributed by atoms with Gasteiger partial charge < -0.3 is 10.6 Å². The van der Waals surface area contributed by atoms with Crippen molar-refractivity contribution < 1.29 is 14.8 Å². The molecule has 0 bridgehead atoms. The molecule has 0 aromatic heterocycles. The standard InChI is InChI=1S/C14H19N3O3/c18-13(16-11-4-2-1-3-5-11)6-7-15-12-8-10(9-12)14(19)17-20/h1-5,10,12,15,20H,6-9H2,(H,16,18)(H,17,19). The van der Waals surface area contributed by atoms with Crippen LogP contribution in [0.5, 0.6) is 0 Å². The molecule has 0 radical (unpaired) electrons. The number of hydrogen-bond acceptors (Lipinski definition) is 4. The lowest BCUT2D eigenvalue weighted by Crippen LogP contribution is -2.47. The number of amides is 2. The van der Waals surface area contributed by atoms with Crippen LogP contribution in [0, 0.1) is 5.92 Å². The Balaban J connectivity index is 1.58. The highest BCUT2D eigenvalue weighted by atomic mass is 16.5. The second kappa shape index (κ2) is 7.02. The smallest absolute Gasteiger partial charge is 0.246 e. The normalized spacial score (nSPS) is 20.9. The van der Waals surface area contributed by atoms with Crippen LogP contribution in [-0.2, 0) is 9.59 Å². The average Bonchev–Trinajstić information content (AvgIpc) is 2.41. The highest BCUT2D eigenvalue weighted by Crippen LogP contribution is 2.27. The van der Waals surface area contributed by atoms with Crippen LogP contribution in [0.2, 0.25) is 0 Å². The van der Waals surface area contributed by atoms with E-state index in [0.29, 0.717) is 25.8 Å². The fourth-order valence-electron chi connectivity index (χ4n) is 2.22. The van der Waals surface area contributed by atoms with E-state index in [1.165, 1.54) is 0 Å². The number of nitrogens with one attached hydrogen (secondary N) is 3. The Morgan fingerprint density at radius 3 is 2.55 bits per heavy atom. The maximum atomic E-state index is 11.7. The third-order valence-electron chi connectivity index (χ3n) is 3.46. The summed E-state index contributed by atoms with van der Waals surface area (Å²) < 4.78 is 0. The first-order chi connectivity index (χ1) is 9.69. The second-order valence-electron chi connectivity index (χ2n) is 4.96. The monoisotopic (exact) mass is 277 g/mol. The molecule has 0 atom stereocenters. The zero-order valence-electron chi connectivity index (χ0n) is 11.1. The zero-order valence-corrected chi connectivity index (χ0v) is 11.1. The molecule has 6 heteroatoms. The second-order valence-corrected chi connectivity index (χ2v) is 4.96. The van der Waals surface area contributed by atoms with Gasteiger partial charge in [-0.15, -0.1) is 0 Å². The van der Waals surface area contributed by atoms with Crippen molar-refractivity contribution >= 4 is 17.5 Å². The van der Waals surface area contributed by atoms with Crippen molar-refractivity contribution in [2.75, 3.05) is 11.9 Å². The molecule has 0 saturated heterocycles. The van der Waals surface area contributed by atoms with E-state index in [4.69, 9.17) is 5.21 Å². The minimum Gasteiger partial charge on any atom is -0.326 e. The summed E-state index contributed by atoms with van der Waals surface area (Å²) in [5.74, 6) is -0.479. The van der Waals surface area contributed by atoms with Gasteiger partial charge in [0.15, 0.2) is 0 Å². The Labute approximate surface area is 117 Å². The van der Waals surface area contributed by atoms with Crippen molar-refractivity contribution in [1.29, 1.82) is 0 Å². The van der Waals surface area contributed by atoms with Crippen molar-refractivity contribution in [2.45, 2.75) is 25.3 Å². The first-order valence-electron chi connectivity index (χ1n) is 6.71. The molecule has 108 valence electrons. The number of rotatable bonds is 6. The van der Waals surface area contributed by atoms with Crippen LogP contribution < -0.4 is 16.1 Å². The lowest BCUT2D eigenvalue weighted by molar-refractivity contribution is -0.136. The van der Waals surface area contributed by atoms with Gasteiger partial charge in [0.05, 0.1) is 0 Å². The highest BCUT2D eigenvalue weighted by molar-refractivity contribution is 5.90. The van der Waals surface area contributed by atoms with E-state index in [9.17, 15) is 9.59 Å². The lowest BCUT2D eigenvalue weighted by atomic mass is 9.80. The fraction of sp³-hybridized carbons (Fsp3) is 0.429. The SMILES string of the molecule is O=C(CCNC1CC(C(=O)NO)C1)Nc1ccccc1. The van der Waals surface area contributed by atoms with Crippen LogP contribution in [0.25, 0.3) is 0 Å². The van der Waals surface area contributed by atoms with E-state index in [2.05, 4.69) is 10.6 Å². The van der Waals surface area contributed by atoms with Crippen molar-refractivity contribution in [3.8, 4) is 0 Å². The maximum Gasteiger partial charge on any atom is 0.246 e. The van der Waals surface area contributed by atoms with Crippen molar-refractivity contribution in [1.82, 2.24) is 10.8 Å². The summed E-state index contributed by atoms with van der Waals surface area (Å²) in [5.41, 5.74) is 2.45. The van der Waals surface area contributed by atoms with E-state index in [0.717, 1.165) is 5.69 Å². The number of anilines is 1. The van der Waals surface area contributed by atoms with Gasteiger partial charge in [-0.25, -0.2) is 5.48 Å². The summed E-state index contributed by atoms with van der Waals surface area (Å²) >= 11 is 0. The molecule has 1 aromatic carbocycles. The summed E-state index contributed by atoms with van der Waals surface area (Å²) in [6.07, 6.45) is 1.79. The van der Waals surface area contributed by atoms with Gasteiger partial charge >= 0.3 is 0 Å². The minimum atomic E-state index is -0.329. The third kappa shape index (κ3) is 4.04. The number of carbonyl (C=O) groups excluding carboxylic acids is 2. The van der Waals surface area contributed by atoms with Crippen molar-refractivity contribution in [3.05, 3.63) is 30.3 Å². The number of carbonyl (C=O) groups is 2. The minimum absolute atomic E-state index is 0.0346. The van der Waals surface area contributed by atoms with E-state index < -0.39 is 0 Å². The largest absolute Gasteiger partial charge is 0.326 e. The average molecular weight is 277 g/mol. The van der Waals surface area contributed by atoms with Gasteiger partial charge in [0.1, 0.15) is 0 Å². The Kier molecular flexibility index (Phi) is 5.09.